The molecular weight excluding hydrogens is 324 g/mol. The Labute approximate surface area is 158 Å². The molecule has 0 N–H and O–H groups in total. The molecule has 0 atom stereocenters. The highest BCUT2D eigenvalue weighted by Crippen LogP contribution is 2.49. The standard InChI is InChI=1S/C27H17/c1-2-8-18(9-3-1)27-25-16-21-12-6-4-10-19(21)14-23(25)24-15-20-11-5-7-13-22(20)17-26(24)27/h1-17H. The molecule has 0 heteroatoms. The van der Waals surface area contributed by atoms with E-state index >= 15 is 0 Å². The third kappa shape index (κ3) is 2.17. The zero-order valence-electron chi connectivity index (χ0n) is 14.8. The molecule has 0 saturated carbocycles. The molecule has 0 bridgehead atoms. The molecular formula is C27H17. The summed E-state index contributed by atoms with van der Waals surface area (Å²) < 4.78 is 0. The van der Waals surface area contributed by atoms with Gasteiger partial charge in [-0.1, -0.05) is 78.9 Å². The summed E-state index contributed by atoms with van der Waals surface area (Å²) >= 11 is 0. The highest BCUT2D eigenvalue weighted by Gasteiger charge is 2.31. The van der Waals surface area contributed by atoms with Crippen molar-refractivity contribution in [2.45, 2.75) is 0 Å². The minimum absolute atomic E-state index is 1.28. The van der Waals surface area contributed by atoms with E-state index in [9.17, 15) is 0 Å². The van der Waals surface area contributed by atoms with Crippen LogP contribution in [0.5, 0.6) is 0 Å². The number of fused-ring (bicyclic) bond motifs is 5. The molecule has 0 fully saturated rings. The monoisotopic (exact) mass is 341 g/mol. The van der Waals surface area contributed by atoms with Crippen molar-refractivity contribution in [2.24, 2.45) is 0 Å². The summed E-state index contributed by atoms with van der Waals surface area (Å²) in [4.78, 5) is 0. The van der Waals surface area contributed by atoms with Crippen molar-refractivity contribution in [1.82, 2.24) is 0 Å². The molecule has 0 saturated heterocycles. The molecule has 0 nitrogen and oxygen atoms in total. The van der Waals surface area contributed by atoms with Crippen LogP contribution in [0.15, 0.2) is 103 Å². The lowest BCUT2D eigenvalue weighted by atomic mass is 9.88. The van der Waals surface area contributed by atoms with Gasteiger partial charge in [0.25, 0.3) is 0 Å². The Balaban J connectivity index is 1.73. The van der Waals surface area contributed by atoms with E-state index in [0.717, 1.165) is 0 Å². The maximum absolute atomic E-state index is 2.36. The third-order valence-corrected chi connectivity index (χ3v) is 5.66. The van der Waals surface area contributed by atoms with Gasteiger partial charge in [0, 0.05) is 0 Å². The number of rotatable bonds is 1. The van der Waals surface area contributed by atoms with Gasteiger partial charge in [-0.2, -0.15) is 0 Å². The van der Waals surface area contributed by atoms with Gasteiger partial charge in [-0.05, 0) is 73.6 Å². The van der Waals surface area contributed by atoms with Crippen LogP contribution in [0.3, 0.4) is 0 Å². The summed E-state index contributed by atoms with van der Waals surface area (Å²) in [5.41, 5.74) is 6.64. The largest absolute Gasteiger partial charge is 0.0642 e. The topological polar surface area (TPSA) is 0 Å². The Morgan fingerprint density at radius 3 is 1.15 bits per heavy atom. The highest BCUT2D eigenvalue weighted by atomic mass is 14.3. The SMILES string of the molecule is c1ccc([C]2c3cc4ccccc4cc3-c3cc4ccccc4cc32)cc1. The van der Waals surface area contributed by atoms with E-state index in [2.05, 4.69) is 103 Å². The second-order valence-electron chi connectivity index (χ2n) is 7.23. The fourth-order valence-electron chi connectivity index (χ4n) is 4.40. The number of hydrogen-bond acceptors (Lipinski definition) is 0. The van der Waals surface area contributed by atoms with E-state index in [-0.39, 0.29) is 0 Å². The molecule has 5 aromatic rings. The van der Waals surface area contributed by atoms with Crippen LogP contribution in [0, 0.1) is 5.92 Å². The first-order valence-corrected chi connectivity index (χ1v) is 9.37. The maximum atomic E-state index is 2.36. The maximum Gasteiger partial charge on any atom is 0.0642 e. The molecule has 5 aromatic carbocycles. The normalized spacial score (nSPS) is 13.0. The van der Waals surface area contributed by atoms with Crippen molar-refractivity contribution in [3.63, 3.8) is 0 Å². The van der Waals surface area contributed by atoms with E-state index in [4.69, 9.17) is 0 Å². The van der Waals surface area contributed by atoms with Crippen LogP contribution < -0.4 is 0 Å². The minimum Gasteiger partial charge on any atom is -0.0622 e. The van der Waals surface area contributed by atoms with Gasteiger partial charge >= 0.3 is 0 Å². The van der Waals surface area contributed by atoms with Crippen LogP contribution in [0.1, 0.15) is 16.7 Å². The van der Waals surface area contributed by atoms with Gasteiger partial charge in [-0.15, -0.1) is 0 Å². The van der Waals surface area contributed by atoms with Crippen molar-refractivity contribution in [1.29, 1.82) is 0 Å². The molecule has 125 valence electrons. The molecule has 0 heterocycles. The first-order valence-electron chi connectivity index (χ1n) is 9.37. The second-order valence-corrected chi connectivity index (χ2v) is 7.23. The van der Waals surface area contributed by atoms with Crippen LogP contribution in [0.4, 0.5) is 0 Å². The van der Waals surface area contributed by atoms with Crippen molar-refractivity contribution in [3.8, 4) is 11.1 Å². The molecule has 6 rings (SSSR count). The molecule has 0 amide bonds. The second kappa shape index (κ2) is 5.56. The van der Waals surface area contributed by atoms with Crippen LogP contribution in [-0.2, 0) is 0 Å². The fourth-order valence-corrected chi connectivity index (χ4v) is 4.40. The molecule has 1 aliphatic rings. The average Bonchev–Trinajstić information content (AvgIpc) is 3.03. The lowest BCUT2D eigenvalue weighted by Gasteiger charge is -2.14. The molecule has 1 aliphatic carbocycles. The summed E-state index contributed by atoms with van der Waals surface area (Å²) in [6.45, 7) is 0. The van der Waals surface area contributed by atoms with Crippen LogP contribution in [0.25, 0.3) is 32.7 Å². The van der Waals surface area contributed by atoms with E-state index in [1.54, 1.807) is 0 Å². The summed E-state index contributed by atoms with van der Waals surface area (Å²) in [6, 6.07) is 37.5. The summed E-state index contributed by atoms with van der Waals surface area (Å²) in [5, 5.41) is 5.18. The van der Waals surface area contributed by atoms with E-state index in [1.807, 2.05) is 0 Å². The van der Waals surface area contributed by atoms with Gasteiger partial charge in [-0.3, -0.25) is 0 Å². The molecule has 0 unspecified atom stereocenters. The minimum atomic E-state index is 1.28. The zero-order valence-corrected chi connectivity index (χ0v) is 14.8. The molecule has 0 aliphatic heterocycles. The van der Waals surface area contributed by atoms with Gasteiger partial charge in [0.2, 0.25) is 0 Å². The summed E-state index contributed by atoms with van der Waals surface area (Å²) in [5.74, 6) is 1.34. The first kappa shape index (κ1) is 14.8. The van der Waals surface area contributed by atoms with Crippen LogP contribution >= 0.6 is 0 Å². The molecule has 0 aromatic heterocycles. The Kier molecular flexibility index (Phi) is 3.04. The van der Waals surface area contributed by atoms with Crippen LogP contribution in [-0.4, -0.2) is 0 Å². The predicted molar refractivity (Wildman–Crippen MR) is 114 cm³/mol. The Hall–Kier alpha value is -3.38. The van der Waals surface area contributed by atoms with Gasteiger partial charge in [0.05, 0.1) is 5.92 Å². The molecule has 27 heavy (non-hydrogen) atoms. The lowest BCUT2D eigenvalue weighted by molar-refractivity contribution is 1.29. The Morgan fingerprint density at radius 2 is 0.704 bits per heavy atom. The van der Waals surface area contributed by atoms with Crippen molar-refractivity contribution < 1.29 is 0 Å². The van der Waals surface area contributed by atoms with Gasteiger partial charge in [0.1, 0.15) is 0 Å². The highest BCUT2D eigenvalue weighted by molar-refractivity contribution is 6.00. The van der Waals surface area contributed by atoms with E-state index in [0.29, 0.717) is 0 Å². The van der Waals surface area contributed by atoms with Crippen LogP contribution in [0.2, 0.25) is 0 Å². The smallest absolute Gasteiger partial charge is 0.0622 e. The quantitative estimate of drug-likeness (QED) is 0.302. The Morgan fingerprint density at radius 1 is 0.333 bits per heavy atom. The van der Waals surface area contributed by atoms with Crippen molar-refractivity contribution >= 4 is 21.5 Å². The van der Waals surface area contributed by atoms with Gasteiger partial charge in [0.15, 0.2) is 0 Å². The predicted octanol–water partition coefficient (Wildman–Crippen LogP) is 6.99. The van der Waals surface area contributed by atoms with Gasteiger partial charge in [-0.25, -0.2) is 0 Å². The molecule has 1 radical (unpaired) electrons. The number of hydrogen-bond donors (Lipinski definition) is 0. The molecule has 0 spiro atoms. The number of benzene rings is 5. The van der Waals surface area contributed by atoms with Crippen molar-refractivity contribution in [3.05, 3.63) is 126 Å². The van der Waals surface area contributed by atoms with Crippen molar-refractivity contribution in [2.75, 3.05) is 0 Å². The third-order valence-electron chi connectivity index (χ3n) is 5.66. The fraction of sp³-hybridized carbons (Fsp3) is 0. The zero-order chi connectivity index (χ0) is 17.8. The Bertz CT molecular complexity index is 1230. The summed E-state index contributed by atoms with van der Waals surface area (Å²) in [7, 11) is 0. The first-order chi connectivity index (χ1) is 13.4. The van der Waals surface area contributed by atoms with Gasteiger partial charge < -0.3 is 0 Å². The van der Waals surface area contributed by atoms with E-state index in [1.165, 1.54) is 55.3 Å². The average molecular weight is 341 g/mol. The lowest BCUT2D eigenvalue weighted by Crippen LogP contribution is -2.00. The summed E-state index contributed by atoms with van der Waals surface area (Å²) in [6.07, 6.45) is 0. The van der Waals surface area contributed by atoms with E-state index < -0.39 is 0 Å².